The Morgan fingerprint density at radius 3 is 1.94 bits per heavy atom. The molecule has 7 aromatic carbocycles. The third-order valence-electron chi connectivity index (χ3n) is 12.4. The molecule has 0 aliphatic carbocycles. The molecular formula is C57H51FN4O. The van der Waals surface area contributed by atoms with Crippen LogP contribution < -0.4 is 14.5 Å². The van der Waals surface area contributed by atoms with Crippen molar-refractivity contribution in [2.24, 2.45) is 0 Å². The fourth-order valence-electron chi connectivity index (χ4n) is 8.94. The molecule has 0 atom stereocenters. The molecule has 9 aromatic rings. The lowest BCUT2D eigenvalue weighted by atomic mass is 9.80. The normalized spacial score (nSPS) is 13.0. The number of ether oxygens (including phenoxy) is 1. The standard InChI is InChI=1S/C57H51FN4O/c1-37-29-54(59-35-50(37)39-23-25-42(58)26-24-39)62-51-21-12-11-19-48(51)49-28-27-46(34-53(49)62)63-45-18-13-17-43(33-45)60-36-61(44-31-40(56(2,3)4)30-41(32-44)57(5,6)7)55-47(20-14-22-52(55)60)38-15-9-8-10-16-38/h8-35H,36H2,1-7H3. The minimum Gasteiger partial charge on any atom is -0.457 e. The molecule has 0 amide bonds. The van der Waals surface area contributed by atoms with Crippen molar-refractivity contribution in [1.29, 1.82) is 0 Å². The number of rotatable bonds is 7. The molecule has 312 valence electrons. The van der Waals surface area contributed by atoms with E-state index >= 15 is 0 Å². The van der Waals surface area contributed by atoms with Gasteiger partial charge in [0.05, 0.1) is 22.4 Å². The SMILES string of the molecule is Cc1cc(-n2c3ccccc3c3ccc(Oc4cccc(N5CN(c6cc(C(C)(C)C)cc(C(C)(C)C)c6)c6c(-c7ccccc7)cccc65)c4)cc32)ncc1-c1ccc(F)cc1. The second kappa shape index (κ2) is 15.3. The summed E-state index contributed by atoms with van der Waals surface area (Å²) < 4.78 is 22.7. The van der Waals surface area contributed by atoms with Crippen molar-refractivity contribution < 1.29 is 9.13 Å². The molecule has 2 aromatic heterocycles. The number of aryl methyl sites for hydroxylation is 1. The smallest absolute Gasteiger partial charge is 0.137 e. The van der Waals surface area contributed by atoms with Gasteiger partial charge in [0.1, 0.15) is 29.8 Å². The quantitative estimate of drug-likeness (QED) is 0.160. The highest BCUT2D eigenvalue weighted by atomic mass is 19.1. The van der Waals surface area contributed by atoms with Gasteiger partial charge in [-0.3, -0.25) is 4.57 Å². The molecule has 0 fully saturated rings. The first-order valence-corrected chi connectivity index (χ1v) is 21.7. The Morgan fingerprint density at radius 2 is 1.21 bits per heavy atom. The molecular weight excluding hydrogens is 776 g/mol. The molecule has 0 saturated heterocycles. The van der Waals surface area contributed by atoms with Crippen molar-refractivity contribution in [2.45, 2.75) is 59.3 Å². The second-order valence-electron chi connectivity index (χ2n) is 18.8. The summed E-state index contributed by atoms with van der Waals surface area (Å²) in [6, 6.07) is 56.4. The van der Waals surface area contributed by atoms with E-state index in [2.05, 4.69) is 196 Å². The maximum absolute atomic E-state index is 13.8. The van der Waals surface area contributed by atoms with Crippen LogP contribution in [0.25, 0.3) is 49.9 Å². The van der Waals surface area contributed by atoms with Gasteiger partial charge in [-0.15, -0.1) is 0 Å². The fraction of sp³-hybridized carbons (Fsp3) is 0.175. The number of benzene rings is 7. The van der Waals surface area contributed by atoms with Crippen LogP contribution in [-0.2, 0) is 10.8 Å². The fourth-order valence-corrected chi connectivity index (χ4v) is 8.94. The topological polar surface area (TPSA) is 33.5 Å². The lowest BCUT2D eigenvalue weighted by Crippen LogP contribution is -2.25. The number of anilines is 4. The summed E-state index contributed by atoms with van der Waals surface area (Å²) in [5, 5.41) is 2.25. The minimum atomic E-state index is -0.256. The second-order valence-corrected chi connectivity index (χ2v) is 18.8. The van der Waals surface area contributed by atoms with Crippen LogP contribution in [0.1, 0.15) is 58.2 Å². The zero-order chi connectivity index (χ0) is 43.6. The Hall–Kier alpha value is -7.18. The number of para-hydroxylation sites is 2. The lowest BCUT2D eigenvalue weighted by Gasteiger charge is -2.30. The lowest BCUT2D eigenvalue weighted by molar-refractivity contribution is 0.483. The van der Waals surface area contributed by atoms with Crippen LogP contribution in [-0.4, -0.2) is 16.2 Å². The number of hydrogen-bond donors (Lipinski definition) is 0. The first-order chi connectivity index (χ1) is 30.3. The molecule has 0 saturated carbocycles. The molecule has 0 unspecified atom stereocenters. The number of hydrogen-bond acceptors (Lipinski definition) is 4. The Labute approximate surface area is 369 Å². The van der Waals surface area contributed by atoms with Crippen LogP contribution in [0, 0.1) is 12.7 Å². The molecule has 0 spiro atoms. The van der Waals surface area contributed by atoms with Gasteiger partial charge in [-0.25, -0.2) is 9.37 Å². The van der Waals surface area contributed by atoms with Gasteiger partial charge >= 0.3 is 0 Å². The van der Waals surface area contributed by atoms with Gasteiger partial charge in [-0.2, -0.15) is 0 Å². The van der Waals surface area contributed by atoms with Crippen LogP contribution in [0.2, 0.25) is 0 Å². The van der Waals surface area contributed by atoms with E-state index in [9.17, 15) is 4.39 Å². The van der Waals surface area contributed by atoms with E-state index in [0.29, 0.717) is 6.67 Å². The highest BCUT2D eigenvalue weighted by Crippen LogP contribution is 2.51. The summed E-state index contributed by atoms with van der Waals surface area (Å²) in [4.78, 5) is 9.87. The van der Waals surface area contributed by atoms with E-state index in [1.165, 1.54) is 45.8 Å². The Morgan fingerprint density at radius 1 is 0.540 bits per heavy atom. The number of pyridine rings is 1. The summed E-state index contributed by atoms with van der Waals surface area (Å²) in [5.41, 5.74) is 14.5. The van der Waals surface area contributed by atoms with E-state index in [1.54, 1.807) is 12.1 Å². The predicted molar refractivity (Wildman–Crippen MR) is 260 cm³/mol. The Bertz CT molecular complexity index is 3140. The molecule has 1 aliphatic heterocycles. The molecule has 0 N–H and O–H groups in total. The van der Waals surface area contributed by atoms with Crippen LogP contribution >= 0.6 is 0 Å². The van der Waals surface area contributed by atoms with E-state index < -0.39 is 0 Å². The third kappa shape index (κ3) is 7.39. The average Bonchev–Trinajstić information content (AvgIpc) is 3.83. The Balaban J connectivity index is 1.04. The largest absolute Gasteiger partial charge is 0.457 e. The van der Waals surface area contributed by atoms with Crippen molar-refractivity contribution in [3.8, 4) is 39.6 Å². The third-order valence-corrected chi connectivity index (χ3v) is 12.4. The van der Waals surface area contributed by atoms with Gasteiger partial charge < -0.3 is 14.5 Å². The van der Waals surface area contributed by atoms with Crippen LogP contribution in [0.5, 0.6) is 11.5 Å². The van der Waals surface area contributed by atoms with Crippen molar-refractivity contribution >= 4 is 44.6 Å². The molecule has 1 aliphatic rings. The molecule has 6 heteroatoms. The number of halogens is 1. The van der Waals surface area contributed by atoms with Gasteiger partial charge in [-0.1, -0.05) is 126 Å². The van der Waals surface area contributed by atoms with Crippen LogP contribution in [0.3, 0.4) is 0 Å². The molecule has 0 bridgehead atoms. The number of nitrogens with zero attached hydrogens (tertiary/aromatic N) is 4. The van der Waals surface area contributed by atoms with E-state index in [4.69, 9.17) is 9.72 Å². The zero-order valence-electron chi connectivity index (χ0n) is 36.9. The van der Waals surface area contributed by atoms with Gasteiger partial charge in [-0.05, 0) is 112 Å². The number of aromatic nitrogens is 2. The Kier molecular flexibility index (Phi) is 9.71. The monoisotopic (exact) mass is 826 g/mol. The van der Waals surface area contributed by atoms with Crippen molar-refractivity contribution in [3.63, 3.8) is 0 Å². The number of fused-ring (bicyclic) bond motifs is 4. The summed E-state index contributed by atoms with van der Waals surface area (Å²) in [7, 11) is 0. The van der Waals surface area contributed by atoms with Crippen LogP contribution in [0.4, 0.5) is 27.1 Å². The van der Waals surface area contributed by atoms with E-state index in [1.807, 2.05) is 12.3 Å². The van der Waals surface area contributed by atoms with Crippen molar-refractivity contribution in [3.05, 3.63) is 192 Å². The van der Waals surface area contributed by atoms with Gasteiger partial charge in [0, 0.05) is 51.6 Å². The molecule has 10 rings (SSSR count). The summed E-state index contributed by atoms with van der Waals surface area (Å²) in [6.07, 6.45) is 1.88. The first-order valence-electron chi connectivity index (χ1n) is 21.7. The predicted octanol–water partition coefficient (Wildman–Crippen LogP) is 15.6. The highest BCUT2D eigenvalue weighted by Gasteiger charge is 2.33. The highest BCUT2D eigenvalue weighted by molar-refractivity contribution is 6.09. The molecule has 3 heterocycles. The minimum absolute atomic E-state index is 0.0223. The maximum Gasteiger partial charge on any atom is 0.137 e. The molecule has 5 nitrogen and oxygen atoms in total. The molecule has 0 radical (unpaired) electrons. The average molecular weight is 827 g/mol. The first kappa shape index (κ1) is 39.9. The summed E-state index contributed by atoms with van der Waals surface area (Å²) in [6.45, 7) is 16.5. The zero-order valence-corrected chi connectivity index (χ0v) is 36.9. The van der Waals surface area contributed by atoms with Gasteiger partial charge in [0.2, 0.25) is 0 Å². The van der Waals surface area contributed by atoms with Gasteiger partial charge in [0.25, 0.3) is 0 Å². The van der Waals surface area contributed by atoms with Crippen molar-refractivity contribution in [1.82, 2.24) is 9.55 Å². The van der Waals surface area contributed by atoms with Gasteiger partial charge in [0.15, 0.2) is 0 Å². The van der Waals surface area contributed by atoms with Crippen LogP contribution in [0.15, 0.2) is 170 Å². The van der Waals surface area contributed by atoms with E-state index in [-0.39, 0.29) is 16.6 Å². The maximum atomic E-state index is 13.8. The summed E-state index contributed by atoms with van der Waals surface area (Å²) in [5.74, 6) is 2.02. The van der Waals surface area contributed by atoms with Crippen molar-refractivity contribution in [2.75, 3.05) is 16.5 Å². The molecule has 63 heavy (non-hydrogen) atoms. The summed E-state index contributed by atoms with van der Waals surface area (Å²) >= 11 is 0. The van der Waals surface area contributed by atoms with E-state index in [0.717, 1.165) is 67.2 Å².